The van der Waals surface area contributed by atoms with E-state index in [1.807, 2.05) is 6.08 Å². The van der Waals surface area contributed by atoms with Crippen molar-refractivity contribution in [3.8, 4) is 0 Å². The number of carbonyl (C=O) groups excluding carboxylic acids is 1. The maximum atomic E-state index is 13.1. The van der Waals surface area contributed by atoms with Gasteiger partial charge in [-0.25, -0.2) is 0 Å². The van der Waals surface area contributed by atoms with Crippen LogP contribution in [0.25, 0.3) is 0 Å². The fourth-order valence-electron chi connectivity index (χ4n) is 8.00. The van der Waals surface area contributed by atoms with E-state index in [0.717, 1.165) is 32.1 Å². The van der Waals surface area contributed by atoms with Crippen molar-refractivity contribution >= 4 is 5.91 Å². The van der Waals surface area contributed by atoms with Crippen molar-refractivity contribution in [2.45, 2.75) is 275 Å². The number of unbranched alkanes of at least 4 members (excludes halogenated alkanes) is 29. The molecule has 7 N–H and O–H groups in total. The van der Waals surface area contributed by atoms with Gasteiger partial charge in [-0.15, -0.1) is 0 Å². The molecule has 0 aromatic heterocycles. The Bertz CT molecular complexity index is 1010. The first-order chi connectivity index (χ1) is 29.3. The summed E-state index contributed by atoms with van der Waals surface area (Å²) in [5.74, 6) is -0.623. The van der Waals surface area contributed by atoms with Gasteiger partial charge in [-0.3, -0.25) is 4.79 Å². The summed E-state index contributed by atoms with van der Waals surface area (Å²) in [7, 11) is 0. The number of aliphatic hydroxyl groups excluding tert-OH is 6. The van der Waals surface area contributed by atoms with E-state index in [2.05, 4.69) is 31.3 Å². The van der Waals surface area contributed by atoms with E-state index < -0.39 is 61.5 Å². The minimum absolute atomic E-state index is 0.308. The van der Waals surface area contributed by atoms with E-state index in [0.29, 0.717) is 19.3 Å². The lowest BCUT2D eigenvalue weighted by Crippen LogP contribution is -2.60. The number of aliphatic hydroxyl groups is 6. The van der Waals surface area contributed by atoms with Crippen molar-refractivity contribution in [2.24, 2.45) is 0 Å². The number of nitrogens with one attached hydrogen (secondary N) is 1. The van der Waals surface area contributed by atoms with Crippen LogP contribution < -0.4 is 5.32 Å². The van der Waals surface area contributed by atoms with Crippen molar-refractivity contribution in [2.75, 3.05) is 13.2 Å². The van der Waals surface area contributed by atoms with Gasteiger partial charge < -0.3 is 45.4 Å². The van der Waals surface area contributed by atoms with E-state index in [-0.39, 0.29) is 6.61 Å². The predicted molar refractivity (Wildman–Crippen MR) is 246 cm³/mol. The summed E-state index contributed by atoms with van der Waals surface area (Å²) >= 11 is 0. The Hall–Kier alpha value is -1.37. The van der Waals surface area contributed by atoms with Crippen LogP contribution in [0.2, 0.25) is 0 Å². The maximum Gasteiger partial charge on any atom is 0.249 e. The molecule has 0 bridgehead atoms. The lowest BCUT2D eigenvalue weighted by atomic mass is 9.99. The van der Waals surface area contributed by atoms with Crippen LogP contribution in [-0.2, 0) is 14.3 Å². The van der Waals surface area contributed by atoms with Crippen molar-refractivity contribution in [3.63, 3.8) is 0 Å². The molecular formula is C50H95NO9. The molecule has 1 aliphatic rings. The van der Waals surface area contributed by atoms with Gasteiger partial charge in [0.1, 0.15) is 30.5 Å². The molecule has 10 heteroatoms. The number of carbonyl (C=O) groups is 1. The first-order valence-electron chi connectivity index (χ1n) is 25.2. The smallest absolute Gasteiger partial charge is 0.249 e. The van der Waals surface area contributed by atoms with Gasteiger partial charge in [-0.1, -0.05) is 218 Å². The second-order valence-corrected chi connectivity index (χ2v) is 17.8. The number of amides is 1. The molecule has 1 aliphatic heterocycles. The Morgan fingerprint density at radius 3 is 1.45 bits per heavy atom. The number of hydrogen-bond acceptors (Lipinski definition) is 9. The minimum atomic E-state index is -1.61. The molecule has 0 saturated carbocycles. The van der Waals surface area contributed by atoms with Crippen LogP contribution in [0.1, 0.15) is 226 Å². The van der Waals surface area contributed by atoms with E-state index in [4.69, 9.17) is 9.47 Å². The molecule has 8 unspecified atom stereocenters. The van der Waals surface area contributed by atoms with Crippen LogP contribution in [0.15, 0.2) is 24.3 Å². The Morgan fingerprint density at radius 2 is 0.983 bits per heavy atom. The molecule has 0 radical (unpaired) electrons. The topological polar surface area (TPSA) is 169 Å². The van der Waals surface area contributed by atoms with Crippen LogP contribution in [0.3, 0.4) is 0 Å². The van der Waals surface area contributed by atoms with Gasteiger partial charge in [0.25, 0.3) is 0 Å². The minimum Gasteiger partial charge on any atom is -0.394 e. The molecule has 1 heterocycles. The molecule has 1 rings (SSSR count). The summed E-state index contributed by atoms with van der Waals surface area (Å²) in [5, 5.41) is 64.7. The largest absolute Gasteiger partial charge is 0.394 e. The summed E-state index contributed by atoms with van der Waals surface area (Å²) in [6, 6.07) is -0.993. The highest BCUT2D eigenvalue weighted by atomic mass is 16.7. The zero-order valence-electron chi connectivity index (χ0n) is 38.6. The molecule has 0 aromatic rings. The van der Waals surface area contributed by atoms with Gasteiger partial charge in [-0.05, 0) is 32.1 Å². The average Bonchev–Trinajstić information content (AvgIpc) is 3.25. The number of hydrogen-bond donors (Lipinski definition) is 7. The summed E-state index contributed by atoms with van der Waals surface area (Å²) in [4.78, 5) is 13.1. The molecule has 8 atom stereocenters. The number of ether oxygens (including phenoxy) is 2. The maximum absolute atomic E-state index is 13.1. The lowest BCUT2D eigenvalue weighted by Gasteiger charge is -2.40. The number of rotatable bonds is 42. The van der Waals surface area contributed by atoms with Crippen LogP contribution in [0.5, 0.6) is 0 Å². The molecule has 60 heavy (non-hydrogen) atoms. The van der Waals surface area contributed by atoms with Crippen molar-refractivity contribution in [1.82, 2.24) is 5.32 Å². The van der Waals surface area contributed by atoms with Gasteiger partial charge in [0, 0.05) is 0 Å². The third-order valence-corrected chi connectivity index (χ3v) is 12.1. The zero-order valence-corrected chi connectivity index (χ0v) is 38.6. The highest BCUT2D eigenvalue weighted by Gasteiger charge is 2.44. The first-order valence-corrected chi connectivity index (χ1v) is 25.2. The van der Waals surface area contributed by atoms with Gasteiger partial charge in [0.15, 0.2) is 6.29 Å². The Morgan fingerprint density at radius 1 is 0.567 bits per heavy atom. The first kappa shape index (κ1) is 56.6. The molecular weight excluding hydrogens is 759 g/mol. The summed E-state index contributed by atoms with van der Waals surface area (Å²) in [5.41, 5.74) is 0. The van der Waals surface area contributed by atoms with Crippen molar-refractivity contribution in [1.29, 1.82) is 0 Å². The molecule has 0 spiro atoms. The fourth-order valence-corrected chi connectivity index (χ4v) is 8.00. The summed E-state index contributed by atoms with van der Waals surface area (Å²) in [6.07, 6.45) is 38.4. The van der Waals surface area contributed by atoms with Gasteiger partial charge >= 0.3 is 0 Å². The van der Waals surface area contributed by atoms with E-state index in [1.165, 1.54) is 161 Å². The molecule has 0 aromatic carbocycles. The monoisotopic (exact) mass is 854 g/mol. The Kier molecular flexibility index (Phi) is 38.1. The second-order valence-electron chi connectivity index (χ2n) is 17.8. The Balaban J connectivity index is 2.34. The summed E-state index contributed by atoms with van der Waals surface area (Å²) < 4.78 is 11.1. The molecule has 1 fully saturated rings. The van der Waals surface area contributed by atoms with E-state index in [1.54, 1.807) is 6.08 Å². The molecule has 1 amide bonds. The Labute approximate surface area is 367 Å². The zero-order chi connectivity index (χ0) is 43.9. The van der Waals surface area contributed by atoms with Gasteiger partial charge in [0.05, 0.1) is 25.4 Å². The predicted octanol–water partition coefficient (Wildman–Crippen LogP) is 10.0. The third kappa shape index (κ3) is 29.8. The van der Waals surface area contributed by atoms with Crippen LogP contribution in [0, 0.1) is 0 Å². The van der Waals surface area contributed by atoms with Crippen LogP contribution >= 0.6 is 0 Å². The van der Waals surface area contributed by atoms with Crippen molar-refractivity contribution < 1.29 is 44.9 Å². The van der Waals surface area contributed by atoms with E-state index in [9.17, 15) is 35.4 Å². The highest BCUT2D eigenvalue weighted by Crippen LogP contribution is 2.23. The third-order valence-electron chi connectivity index (χ3n) is 12.1. The molecule has 10 nitrogen and oxygen atoms in total. The van der Waals surface area contributed by atoms with Gasteiger partial charge in [-0.2, -0.15) is 0 Å². The molecule has 1 saturated heterocycles. The SMILES string of the molecule is CCCCCCCCCC/C=C/CC/C=C/C(O)C(COC1OC(CO)C(O)C(O)C1O)NC(=O)C(O)CCCCCCCCCCCCCCCCCCCCCCC. The standard InChI is InChI=1S/C50H95NO9/c1-3-5-7-9-11-13-15-17-19-20-21-22-23-24-25-27-29-31-33-35-37-39-44(54)49(58)51-42(41-59-50-48(57)47(56)46(55)45(40-52)60-50)43(53)38-36-34-32-30-28-26-18-16-14-12-10-8-6-4-2/h28,30,36,38,42-48,50,52-57H,3-27,29,31-35,37,39-41H2,1-2H3,(H,51,58)/b30-28+,38-36+. The average molecular weight is 854 g/mol. The van der Waals surface area contributed by atoms with E-state index >= 15 is 0 Å². The lowest BCUT2D eigenvalue weighted by molar-refractivity contribution is -0.302. The fraction of sp³-hybridized carbons (Fsp3) is 0.900. The highest BCUT2D eigenvalue weighted by molar-refractivity contribution is 5.80. The molecule has 354 valence electrons. The van der Waals surface area contributed by atoms with Crippen LogP contribution in [-0.4, -0.2) is 98.7 Å². The van der Waals surface area contributed by atoms with Gasteiger partial charge in [0.2, 0.25) is 5.91 Å². The second kappa shape index (κ2) is 40.4. The molecule has 0 aliphatic carbocycles. The normalized spacial score (nSPS) is 21.2. The van der Waals surface area contributed by atoms with Crippen LogP contribution in [0.4, 0.5) is 0 Å². The summed E-state index contributed by atoms with van der Waals surface area (Å²) in [6.45, 7) is 3.60. The number of allylic oxidation sites excluding steroid dienone is 3. The van der Waals surface area contributed by atoms with Crippen molar-refractivity contribution in [3.05, 3.63) is 24.3 Å². The quantitative estimate of drug-likeness (QED) is 0.0233.